The van der Waals surface area contributed by atoms with E-state index in [2.05, 4.69) is 17.6 Å². The van der Waals surface area contributed by atoms with Gasteiger partial charge in [0.1, 0.15) is 0 Å². The smallest absolute Gasteiger partial charge is 0.330 e. The number of carboxylic acid groups (broad SMARTS) is 1. The molecule has 0 spiro atoms. The molecule has 1 unspecified atom stereocenters. The van der Waals surface area contributed by atoms with Crippen LogP contribution < -0.4 is 0 Å². The number of aliphatic carboxylic acids is 1. The van der Waals surface area contributed by atoms with E-state index in [1.165, 1.54) is 0 Å². The van der Waals surface area contributed by atoms with Crippen molar-refractivity contribution in [2.24, 2.45) is 4.99 Å². The molecular weight excluding hydrogens is 142 g/mol. The highest BCUT2D eigenvalue weighted by Gasteiger charge is 2.12. The first-order valence-corrected chi connectivity index (χ1v) is 2.76. The molecule has 50 valence electrons. The van der Waals surface area contributed by atoms with Crippen LogP contribution in [-0.4, -0.2) is 29.0 Å². The van der Waals surface area contributed by atoms with Crippen LogP contribution in [-0.2, 0) is 9.59 Å². The van der Waals surface area contributed by atoms with Crippen LogP contribution in [0.1, 0.15) is 0 Å². The van der Waals surface area contributed by atoms with Gasteiger partial charge in [0, 0.05) is 5.75 Å². The fourth-order valence-electron chi connectivity index (χ4n) is 0.238. The largest absolute Gasteiger partial charge is 0.480 e. The van der Waals surface area contributed by atoms with Crippen LogP contribution >= 0.6 is 12.6 Å². The molecule has 0 radical (unpaired) electrons. The fraction of sp³-hybridized carbons (Fsp3) is 0.500. The van der Waals surface area contributed by atoms with Crippen molar-refractivity contribution in [3.05, 3.63) is 0 Å². The van der Waals surface area contributed by atoms with Crippen molar-refractivity contribution in [2.45, 2.75) is 6.04 Å². The second-order valence-corrected chi connectivity index (χ2v) is 1.62. The van der Waals surface area contributed by atoms with E-state index in [9.17, 15) is 9.59 Å². The lowest BCUT2D eigenvalue weighted by atomic mass is 10.4. The maximum atomic E-state index is 10.00. The summed E-state index contributed by atoms with van der Waals surface area (Å²) in [5, 5.41) is 8.18. The van der Waals surface area contributed by atoms with Gasteiger partial charge in [-0.05, 0) is 0 Å². The van der Waals surface area contributed by atoms with Crippen LogP contribution in [0.5, 0.6) is 0 Å². The Hall–Kier alpha value is -0.800. The standard InChI is InChI=1S/C4H5NO3S/c6-2-5-3(1-9)4(7)8/h3,9H,1H2,(H,7,8). The van der Waals surface area contributed by atoms with E-state index in [1.54, 1.807) is 0 Å². The number of nitrogens with zero attached hydrogens (tertiary/aromatic N) is 1. The van der Waals surface area contributed by atoms with E-state index in [0.29, 0.717) is 0 Å². The summed E-state index contributed by atoms with van der Waals surface area (Å²) in [6.07, 6.45) is 1.15. The maximum Gasteiger partial charge on any atom is 0.330 e. The molecule has 0 aliphatic heterocycles. The molecule has 9 heavy (non-hydrogen) atoms. The second kappa shape index (κ2) is 4.12. The molecule has 0 aromatic rings. The molecule has 0 aliphatic rings. The van der Waals surface area contributed by atoms with Crippen molar-refractivity contribution in [2.75, 3.05) is 5.75 Å². The summed E-state index contributed by atoms with van der Waals surface area (Å²) >= 11 is 3.64. The van der Waals surface area contributed by atoms with Crippen molar-refractivity contribution in [1.29, 1.82) is 0 Å². The normalized spacial score (nSPS) is 11.7. The van der Waals surface area contributed by atoms with Crippen LogP contribution in [0, 0.1) is 0 Å². The minimum absolute atomic E-state index is 0.0184. The molecule has 0 saturated carbocycles. The first-order chi connectivity index (χ1) is 4.22. The zero-order chi connectivity index (χ0) is 7.28. The van der Waals surface area contributed by atoms with E-state index in [4.69, 9.17) is 5.11 Å². The Morgan fingerprint density at radius 1 is 1.89 bits per heavy atom. The Bertz CT molecular complexity index is 150. The third-order valence-corrected chi connectivity index (χ3v) is 1.01. The Morgan fingerprint density at radius 3 is 2.56 bits per heavy atom. The predicted octanol–water partition coefficient (Wildman–Crippen LogP) is -0.295. The number of rotatable bonds is 3. The third-order valence-electron chi connectivity index (χ3n) is 0.667. The molecule has 0 amide bonds. The van der Waals surface area contributed by atoms with Gasteiger partial charge in [0.15, 0.2) is 6.04 Å². The molecular formula is C4H5NO3S. The van der Waals surface area contributed by atoms with Gasteiger partial charge in [-0.1, -0.05) is 0 Å². The van der Waals surface area contributed by atoms with Gasteiger partial charge < -0.3 is 5.11 Å². The van der Waals surface area contributed by atoms with E-state index in [0.717, 1.165) is 6.08 Å². The van der Waals surface area contributed by atoms with Crippen LogP contribution in [0.3, 0.4) is 0 Å². The Labute approximate surface area is 57.0 Å². The van der Waals surface area contributed by atoms with Gasteiger partial charge in [-0.25, -0.2) is 9.59 Å². The Morgan fingerprint density at radius 2 is 2.44 bits per heavy atom. The summed E-state index contributed by atoms with van der Waals surface area (Å²) in [5.41, 5.74) is 0. The maximum absolute atomic E-state index is 10.00. The lowest BCUT2D eigenvalue weighted by Crippen LogP contribution is -2.18. The monoisotopic (exact) mass is 147 g/mol. The molecule has 0 aromatic heterocycles. The topological polar surface area (TPSA) is 66.7 Å². The number of isocyanates is 1. The lowest BCUT2D eigenvalue weighted by molar-refractivity contribution is -0.137. The van der Waals surface area contributed by atoms with Crippen molar-refractivity contribution in [1.82, 2.24) is 0 Å². The number of hydrogen-bond acceptors (Lipinski definition) is 4. The molecule has 0 heterocycles. The zero-order valence-electron chi connectivity index (χ0n) is 4.44. The SMILES string of the molecule is O=C=NC(CS)C(=O)O. The number of hydrogen-bond donors (Lipinski definition) is 2. The molecule has 0 rings (SSSR count). The van der Waals surface area contributed by atoms with Crippen LogP contribution in [0.15, 0.2) is 4.99 Å². The average Bonchev–Trinajstić information content (AvgIpc) is 1.82. The molecule has 1 atom stereocenters. The van der Waals surface area contributed by atoms with Gasteiger partial charge >= 0.3 is 5.97 Å². The number of aliphatic imine (C=N–C) groups is 1. The average molecular weight is 147 g/mol. The molecule has 0 bridgehead atoms. The van der Waals surface area contributed by atoms with E-state index in [-0.39, 0.29) is 5.75 Å². The first kappa shape index (κ1) is 8.20. The minimum atomic E-state index is -1.16. The molecule has 4 nitrogen and oxygen atoms in total. The lowest BCUT2D eigenvalue weighted by Gasteiger charge is -1.96. The summed E-state index contributed by atoms with van der Waals surface area (Å²) in [6.45, 7) is 0. The number of carbonyl (C=O) groups excluding carboxylic acids is 1. The summed E-state index contributed by atoms with van der Waals surface area (Å²) in [5.74, 6) is -1.14. The van der Waals surface area contributed by atoms with E-state index < -0.39 is 12.0 Å². The van der Waals surface area contributed by atoms with Crippen molar-refractivity contribution >= 4 is 24.7 Å². The quantitative estimate of drug-likeness (QED) is 0.327. The number of carboxylic acids is 1. The third kappa shape index (κ3) is 2.90. The van der Waals surface area contributed by atoms with Gasteiger partial charge in [0.2, 0.25) is 6.08 Å². The summed E-state index contributed by atoms with van der Waals surface area (Å²) in [7, 11) is 0. The second-order valence-electron chi connectivity index (χ2n) is 1.26. The highest BCUT2D eigenvalue weighted by molar-refractivity contribution is 7.80. The van der Waals surface area contributed by atoms with Crippen LogP contribution in [0.4, 0.5) is 0 Å². The van der Waals surface area contributed by atoms with Crippen molar-refractivity contribution in [3.8, 4) is 0 Å². The highest BCUT2D eigenvalue weighted by atomic mass is 32.1. The molecule has 0 aliphatic carbocycles. The summed E-state index contributed by atoms with van der Waals surface area (Å²) in [6, 6.07) is -1.05. The number of carbonyl (C=O) groups is 1. The van der Waals surface area contributed by atoms with Gasteiger partial charge in [0.25, 0.3) is 0 Å². The molecule has 1 N–H and O–H groups in total. The molecule has 0 saturated heterocycles. The van der Waals surface area contributed by atoms with E-state index >= 15 is 0 Å². The first-order valence-electron chi connectivity index (χ1n) is 2.13. The van der Waals surface area contributed by atoms with Gasteiger partial charge in [-0.2, -0.15) is 17.6 Å². The van der Waals surface area contributed by atoms with Gasteiger partial charge in [0.05, 0.1) is 0 Å². The van der Waals surface area contributed by atoms with E-state index in [1.807, 2.05) is 0 Å². The highest BCUT2D eigenvalue weighted by Crippen LogP contribution is 1.91. The van der Waals surface area contributed by atoms with Crippen molar-refractivity contribution < 1.29 is 14.7 Å². The summed E-state index contributed by atoms with van der Waals surface area (Å²) < 4.78 is 0. The van der Waals surface area contributed by atoms with Crippen LogP contribution in [0.2, 0.25) is 0 Å². The Kier molecular flexibility index (Phi) is 3.75. The van der Waals surface area contributed by atoms with Crippen molar-refractivity contribution in [3.63, 3.8) is 0 Å². The van der Waals surface area contributed by atoms with Gasteiger partial charge in [-0.3, -0.25) is 0 Å². The summed E-state index contributed by atoms with van der Waals surface area (Å²) in [4.78, 5) is 22.4. The van der Waals surface area contributed by atoms with Crippen LogP contribution in [0.25, 0.3) is 0 Å². The predicted molar refractivity (Wildman–Crippen MR) is 33.4 cm³/mol. The fourth-order valence-corrected chi connectivity index (χ4v) is 0.476. The minimum Gasteiger partial charge on any atom is -0.480 e. The molecule has 0 fully saturated rings. The zero-order valence-corrected chi connectivity index (χ0v) is 5.34. The number of thiol groups is 1. The molecule has 0 aromatic carbocycles. The van der Waals surface area contributed by atoms with Gasteiger partial charge in [-0.15, -0.1) is 0 Å². The Balaban J connectivity index is 3.98. The molecule has 5 heteroatoms.